The Morgan fingerprint density at radius 1 is 1.19 bits per heavy atom. The normalized spacial score (nSPS) is 14.8. The van der Waals surface area contributed by atoms with Gasteiger partial charge in [0.05, 0.1) is 12.8 Å². The van der Waals surface area contributed by atoms with E-state index in [4.69, 9.17) is 4.74 Å². The lowest BCUT2D eigenvalue weighted by molar-refractivity contribution is -0.117. The molecule has 27 heavy (non-hydrogen) atoms. The van der Waals surface area contributed by atoms with Crippen molar-refractivity contribution in [3.8, 4) is 5.75 Å². The summed E-state index contributed by atoms with van der Waals surface area (Å²) in [7, 11) is 1.58. The van der Waals surface area contributed by atoms with Crippen LogP contribution in [-0.2, 0) is 9.59 Å². The van der Waals surface area contributed by atoms with E-state index < -0.39 is 6.04 Å². The first-order chi connectivity index (χ1) is 13.0. The second-order valence-electron chi connectivity index (χ2n) is 6.75. The quantitative estimate of drug-likeness (QED) is 0.819. The number of benzene rings is 2. The van der Waals surface area contributed by atoms with E-state index in [1.807, 2.05) is 49.4 Å². The van der Waals surface area contributed by atoms with Crippen molar-refractivity contribution in [3.05, 3.63) is 48.0 Å². The molecule has 0 radical (unpaired) electrons. The zero-order valence-corrected chi connectivity index (χ0v) is 15.9. The molecule has 1 aliphatic rings. The Labute approximate surface area is 159 Å². The van der Waals surface area contributed by atoms with E-state index in [9.17, 15) is 9.59 Å². The van der Waals surface area contributed by atoms with E-state index in [1.165, 1.54) is 0 Å². The van der Waals surface area contributed by atoms with Gasteiger partial charge in [-0.3, -0.25) is 9.59 Å². The molecule has 0 saturated carbocycles. The SMILES string of the molecule is COc1ccc(C)cc1NC(=O)[C@@H](C)Nc1ccc(N2CCCC2=O)cc1. The lowest BCUT2D eigenvalue weighted by Crippen LogP contribution is -2.32. The minimum atomic E-state index is -0.436. The second-order valence-corrected chi connectivity index (χ2v) is 6.75. The van der Waals surface area contributed by atoms with E-state index in [-0.39, 0.29) is 11.8 Å². The summed E-state index contributed by atoms with van der Waals surface area (Å²) in [5.74, 6) is 0.633. The van der Waals surface area contributed by atoms with Crippen LogP contribution in [0.4, 0.5) is 17.1 Å². The Morgan fingerprint density at radius 3 is 2.56 bits per heavy atom. The van der Waals surface area contributed by atoms with Gasteiger partial charge in [0.1, 0.15) is 11.8 Å². The monoisotopic (exact) mass is 367 g/mol. The van der Waals surface area contributed by atoms with Crippen molar-refractivity contribution < 1.29 is 14.3 Å². The van der Waals surface area contributed by atoms with Gasteiger partial charge in [-0.2, -0.15) is 0 Å². The largest absolute Gasteiger partial charge is 0.495 e. The summed E-state index contributed by atoms with van der Waals surface area (Å²) in [6, 6.07) is 12.8. The van der Waals surface area contributed by atoms with Gasteiger partial charge in [0.15, 0.2) is 0 Å². The molecule has 1 aliphatic heterocycles. The smallest absolute Gasteiger partial charge is 0.246 e. The van der Waals surface area contributed by atoms with Crippen molar-refractivity contribution in [2.24, 2.45) is 0 Å². The van der Waals surface area contributed by atoms with Gasteiger partial charge in [0.2, 0.25) is 11.8 Å². The highest BCUT2D eigenvalue weighted by atomic mass is 16.5. The second kappa shape index (κ2) is 8.12. The number of amides is 2. The summed E-state index contributed by atoms with van der Waals surface area (Å²) in [6.07, 6.45) is 1.51. The third kappa shape index (κ3) is 4.39. The number of ether oxygens (including phenoxy) is 1. The summed E-state index contributed by atoms with van der Waals surface area (Å²) < 4.78 is 5.30. The third-order valence-corrected chi connectivity index (χ3v) is 4.64. The predicted molar refractivity (Wildman–Crippen MR) is 107 cm³/mol. The van der Waals surface area contributed by atoms with E-state index >= 15 is 0 Å². The highest BCUT2D eigenvalue weighted by Crippen LogP contribution is 2.26. The van der Waals surface area contributed by atoms with Crippen LogP contribution in [0.3, 0.4) is 0 Å². The van der Waals surface area contributed by atoms with Crippen molar-refractivity contribution in [2.45, 2.75) is 32.7 Å². The number of aryl methyl sites for hydroxylation is 1. The first kappa shape index (κ1) is 18.8. The molecule has 0 unspecified atom stereocenters. The average molecular weight is 367 g/mol. The fourth-order valence-electron chi connectivity index (χ4n) is 3.13. The zero-order chi connectivity index (χ0) is 19.4. The number of nitrogens with zero attached hydrogens (tertiary/aromatic N) is 1. The van der Waals surface area contributed by atoms with Crippen LogP contribution in [0.15, 0.2) is 42.5 Å². The molecule has 0 bridgehead atoms. The molecule has 2 aromatic rings. The summed E-state index contributed by atoms with van der Waals surface area (Å²) in [4.78, 5) is 26.2. The summed E-state index contributed by atoms with van der Waals surface area (Å²) in [5.41, 5.74) is 3.41. The van der Waals surface area contributed by atoms with Gasteiger partial charge < -0.3 is 20.3 Å². The molecule has 1 atom stereocenters. The maximum absolute atomic E-state index is 12.5. The first-order valence-corrected chi connectivity index (χ1v) is 9.10. The Hall–Kier alpha value is -3.02. The zero-order valence-electron chi connectivity index (χ0n) is 15.9. The maximum atomic E-state index is 12.5. The molecule has 2 N–H and O–H groups in total. The molecule has 2 aromatic carbocycles. The molecular formula is C21H25N3O3. The van der Waals surface area contributed by atoms with Crippen molar-refractivity contribution in [2.75, 3.05) is 29.2 Å². The van der Waals surface area contributed by atoms with Crippen molar-refractivity contribution in [1.82, 2.24) is 0 Å². The molecule has 0 aliphatic carbocycles. The summed E-state index contributed by atoms with van der Waals surface area (Å²) >= 11 is 0. The molecule has 1 fully saturated rings. The van der Waals surface area contributed by atoms with Gasteiger partial charge in [-0.05, 0) is 62.2 Å². The minimum Gasteiger partial charge on any atom is -0.495 e. The highest BCUT2D eigenvalue weighted by molar-refractivity contribution is 5.98. The van der Waals surface area contributed by atoms with Crippen LogP contribution >= 0.6 is 0 Å². The van der Waals surface area contributed by atoms with Gasteiger partial charge in [-0.25, -0.2) is 0 Å². The van der Waals surface area contributed by atoms with Crippen LogP contribution in [0.25, 0.3) is 0 Å². The topological polar surface area (TPSA) is 70.7 Å². The van der Waals surface area contributed by atoms with E-state index in [0.29, 0.717) is 17.9 Å². The molecule has 6 nitrogen and oxygen atoms in total. The molecule has 0 spiro atoms. The number of hydrogen-bond acceptors (Lipinski definition) is 4. The number of nitrogens with one attached hydrogen (secondary N) is 2. The number of carbonyl (C=O) groups excluding carboxylic acids is 2. The summed E-state index contributed by atoms with van der Waals surface area (Å²) in [5, 5.41) is 6.09. The van der Waals surface area contributed by atoms with E-state index in [2.05, 4.69) is 10.6 Å². The Balaban J connectivity index is 1.63. The van der Waals surface area contributed by atoms with Gasteiger partial charge >= 0.3 is 0 Å². The first-order valence-electron chi connectivity index (χ1n) is 9.10. The molecule has 142 valence electrons. The van der Waals surface area contributed by atoms with Crippen LogP contribution in [-0.4, -0.2) is 31.5 Å². The minimum absolute atomic E-state index is 0.155. The lowest BCUT2D eigenvalue weighted by atomic mass is 10.2. The van der Waals surface area contributed by atoms with Gasteiger partial charge in [-0.1, -0.05) is 6.07 Å². The highest BCUT2D eigenvalue weighted by Gasteiger charge is 2.21. The molecule has 3 rings (SSSR count). The maximum Gasteiger partial charge on any atom is 0.246 e. The number of methoxy groups -OCH3 is 1. The van der Waals surface area contributed by atoms with Crippen LogP contribution < -0.4 is 20.3 Å². The van der Waals surface area contributed by atoms with Crippen LogP contribution in [0.2, 0.25) is 0 Å². The molecule has 0 aromatic heterocycles. The van der Waals surface area contributed by atoms with Gasteiger partial charge in [0, 0.05) is 24.3 Å². The fraction of sp³-hybridized carbons (Fsp3) is 0.333. The van der Waals surface area contributed by atoms with Crippen LogP contribution in [0.1, 0.15) is 25.3 Å². The number of rotatable bonds is 6. The Bertz CT molecular complexity index is 833. The van der Waals surface area contributed by atoms with Crippen molar-refractivity contribution in [1.29, 1.82) is 0 Å². The van der Waals surface area contributed by atoms with Crippen molar-refractivity contribution >= 4 is 28.9 Å². The van der Waals surface area contributed by atoms with Gasteiger partial charge in [-0.15, -0.1) is 0 Å². The predicted octanol–water partition coefficient (Wildman–Crippen LogP) is 3.57. The molecule has 1 saturated heterocycles. The van der Waals surface area contributed by atoms with Crippen molar-refractivity contribution in [3.63, 3.8) is 0 Å². The van der Waals surface area contributed by atoms with Crippen LogP contribution in [0, 0.1) is 6.92 Å². The summed E-state index contributed by atoms with van der Waals surface area (Å²) in [6.45, 7) is 4.53. The Kier molecular flexibility index (Phi) is 5.64. The van der Waals surface area contributed by atoms with E-state index in [1.54, 1.807) is 18.9 Å². The lowest BCUT2D eigenvalue weighted by Gasteiger charge is -2.19. The van der Waals surface area contributed by atoms with Crippen LogP contribution in [0.5, 0.6) is 5.75 Å². The molecular weight excluding hydrogens is 342 g/mol. The standard InChI is InChI=1S/C21H25N3O3/c1-14-6-11-19(27-3)18(13-14)23-21(26)15(2)22-16-7-9-17(10-8-16)24-12-4-5-20(24)25/h6-11,13,15,22H,4-5,12H2,1-3H3,(H,23,26)/t15-/m1/s1. The number of carbonyl (C=O) groups is 2. The third-order valence-electron chi connectivity index (χ3n) is 4.64. The average Bonchev–Trinajstić information content (AvgIpc) is 3.08. The number of hydrogen-bond donors (Lipinski definition) is 2. The fourth-order valence-corrected chi connectivity index (χ4v) is 3.13. The molecule has 1 heterocycles. The Morgan fingerprint density at radius 2 is 1.93 bits per heavy atom. The van der Waals surface area contributed by atoms with E-state index in [0.717, 1.165) is 29.9 Å². The van der Waals surface area contributed by atoms with Gasteiger partial charge in [0.25, 0.3) is 0 Å². The number of anilines is 3. The molecule has 2 amide bonds. The molecule has 6 heteroatoms.